The highest BCUT2D eigenvalue weighted by molar-refractivity contribution is 6.17. The van der Waals surface area contributed by atoms with Crippen molar-refractivity contribution in [3.63, 3.8) is 0 Å². The van der Waals surface area contributed by atoms with Crippen molar-refractivity contribution in [1.29, 1.82) is 0 Å². The predicted molar refractivity (Wildman–Crippen MR) is 78.7 cm³/mol. The van der Waals surface area contributed by atoms with Crippen LogP contribution in [-0.2, 0) is 19.4 Å². The number of methoxy groups -OCH3 is 1. The molecule has 110 valence electrons. The Labute approximate surface area is 126 Å². The summed E-state index contributed by atoms with van der Waals surface area (Å²) in [5.74, 6) is 2.96. The molecule has 0 aliphatic rings. The van der Waals surface area contributed by atoms with Crippen LogP contribution >= 0.6 is 11.6 Å². The number of alkyl halides is 1. The number of halogens is 1. The summed E-state index contributed by atoms with van der Waals surface area (Å²) in [5, 5.41) is 3.83. The monoisotopic (exact) mass is 306 g/mol. The highest BCUT2D eigenvalue weighted by Crippen LogP contribution is 2.22. The Balaban J connectivity index is 1.95. The van der Waals surface area contributed by atoms with Crippen molar-refractivity contribution in [2.75, 3.05) is 13.0 Å². The van der Waals surface area contributed by atoms with Crippen LogP contribution in [0.5, 0.6) is 5.75 Å². The number of hydrogen-bond donors (Lipinski definition) is 0. The number of nitrogens with zero attached hydrogens (tertiary/aromatic N) is 4. The van der Waals surface area contributed by atoms with Gasteiger partial charge in [0, 0.05) is 31.3 Å². The van der Waals surface area contributed by atoms with E-state index in [0.29, 0.717) is 24.5 Å². The van der Waals surface area contributed by atoms with Gasteiger partial charge >= 0.3 is 0 Å². The number of benzene rings is 1. The molecule has 0 N–H and O–H groups in total. The summed E-state index contributed by atoms with van der Waals surface area (Å²) >= 11 is 5.88. The second-order valence-corrected chi connectivity index (χ2v) is 4.95. The minimum Gasteiger partial charge on any atom is -0.497 e. The van der Waals surface area contributed by atoms with Gasteiger partial charge in [-0.05, 0) is 12.1 Å². The molecule has 0 radical (unpaired) electrons. The van der Waals surface area contributed by atoms with Gasteiger partial charge in [-0.2, -0.15) is 4.98 Å². The van der Waals surface area contributed by atoms with E-state index in [1.165, 1.54) is 6.39 Å². The summed E-state index contributed by atoms with van der Waals surface area (Å²) in [5.41, 5.74) is 1.96. The van der Waals surface area contributed by atoms with Crippen LogP contribution in [-0.4, -0.2) is 32.7 Å². The zero-order valence-corrected chi connectivity index (χ0v) is 12.4. The van der Waals surface area contributed by atoms with Crippen LogP contribution in [0.4, 0.5) is 0 Å². The molecule has 0 saturated heterocycles. The van der Waals surface area contributed by atoms with Crippen molar-refractivity contribution >= 4 is 22.6 Å². The Morgan fingerprint density at radius 2 is 2.24 bits per heavy atom. The van der Waals surface area contributed by atoms with E-state index in [9.17, 15) is 0 Å². The van der Waals surface area contributed by atoms with E-state index >= 15 is 0 Å². The number of ether oxygens (including phenoxy) is 1. The number of fused-ring (bicyclic) bond motifs is 1. The Morgan fingerprint density at radius 1 is 1.33 bits per heavy atom. The highest BCUT2D eigenvalue weighted by Gasteiger charge is 2.12. The lowest BCUT2D eigenvalue weighted by Crippen LogP contribution is -2.07. The predicted octanol–water partition coefficient (Wildman–Crippen LogP) is 2.45. The second-order valence-electron chi connectivity index (χ2n) is 4.57. The Hall–Kier alpha value is -2.08. The first-order chi connectivity index (χ1) is 10.3. The summed E-state index contributed by atoms with van der Waals surface area (Å²) in [7, 11) is 1.65. The first-order valence-electron chi connectivity index (χ1n) is 6.66. The highest BCUT2D eigenvalue weighted by atomic mass is 35.5. The Kier molecular flexibility index (Phi) is 4.06. The van der Waals surface area contributed by atoms with Gasteiger partial charge in [0.25, 0.3) is 0 Å². The lowest BCUT2D eigenvalue weighted by molar-refractivity contribution is 0.408. The minimum absolute atomic E-state index is 0.530. The van der Waals surface area contributed by atoms with E-state index in [4.69, 9.17) is 20.9 Å². The number of hydrogen-bond acceptors (Lipinski definition) is 5. The first-order valence-corrected chi connectivity index (χ1v) is 7.19. The van der Waals surface area contributed by atoms with E-state index in [2.05, 4.69) is 19.7 Å². The number of imidazole rings is 1. The smallest absolute Gasteiger partial charge is 0.213 e. The van der Waals surface area contributed by atoms with E-state index in [-0.39, 0.29) is 0 Å². The molecule has 3 rings (SSSR count). The summed E-state index contributed by atoms with van der Waals surface area (Å²) in [6, 6.07) is 5.87. The zero-order chi connectivity index (χ0) is 14.7. The van der Waals surface area contributed by atoms with Gasteiger partial charge in [0.05, 0.1) is 18.1 Å². The van der Waals surface area contributed by atoms with E-state index < -0.39 is 0 Å². The van der Waals surface area contributed by atoms with Gasteiger partial charge in [0.15, 0.2) is 5.82 Å². The Bertz CT molecular complexity index is 724. The van der Waals surface area contributed by atoms with Crippen LogP contribution in [0, 0.1) is 0 Å². The molecule has 21 heavy (non-hydrogen) atoms. The fourth-order valence-corrected chi connectivity index (χ4v) is 2.49. The van der Waals surface area contributed by atoms with Gasteiger partial charge in [-0.15, -0.1) is 11.6 Å². The van der Waals surface area contributed by atoms with Gasteiger partial charge in [0.1, 0.15) is 11.6 Å². The maximum Gasteiger partial charge on any atom is 0.213 e. The van der Waals surface area contributed by atoms with Crippen molar-refractivity contribution in [3.8, 4) is 5.75 Å². The molecule has 0 spiro atoms. The second kappa shape index (κ2) is 6.13. The fraction of sp³-hybridized carbons (Fsp3) is 0.357. The molecular weight excluding hydrogens is 292 g/mol. The van der Waals surface area contributed by atoms with Crippen LogP contribution in [0.2, 0.25) is 0 Å². The van der Waals surface area contributed by atoms with Gasteiger partial charge in [-0.1, -0.05) is 5.16 Å². The molecule has 0 aliphatic heterocycles. The van der Waals surface area contributed by atoms with Crippen LogP contribution in [0.1, 0.15) is 11.6 Å². The SMILES string of the molecule is COc1ccc2c(c1)nc(CCCl)n2CCc1ncon1. The molecule has 7 heteroatoms. The summed E-state index contributed by atoms with van der Waals surface area (Å²) in [6.07, 6.45) is 2.74. The number of rotatable bonds is 6. The van der Waals surface area contributed by atoms with Crippen molar-refractivity contribution in [2.24, 2.45) is 0 Å². The molecule has 6 nitrogen and oxygen atoms in total. The third-order valence-corrected chi connectivity index (χ3v) is 3.51. The van der Waals surface area contributed by atoms with Crippen LogP contribution < -0.4 is 4.74 Å². The lowest BCUT2D eigenvalue weighted by Gasteiger charge is -2.07. The van der Waals surface area contributed by atoms with Gasteiger partial charge in [-0.25, -0.2) is 4.98 Å². The average Bonchev–Trinajstić information content (AvgIpc) is 3.12. The summed E-state index contributed by atoms with van der Waals surface area (Å²) in [6.45, 7) is 0.731. The normalized spacial score (nSPS) is 11.1. The lowest BCUT2D eigenvalue weighted by atomic mass is 10.3. The van der Waals surface area contributed by atoms with E-state index in [1.54, 1.807) is 7.11 Å². The van der Waals surface area contributed by atoms with Gasteiger partial charge in [0.2, 0.25) is 6.39 Å². The molecule has 0 atom stereocenters. The van der Waals surface area contributed by atoms with Crippen molar-refractivity contribution < 1.29 is 9.26 Å². The molecule has 0 fully saturated rings. The molecule has 0 saturated carbocycles. The van der Waals surface area contributed by atoms with Gasteiger partial charge in [-0.3, -0.25) is 0 Å². The molecular formula is C14H15ClN4O2. The summed E-state index contributed by atoms with van der Waals surface area (Å²) < 4.78 is 12.1. The minimum atomic E-state index is 0.530. The molecule has 0 bridgehead atoms. The summed E-state index contributed by atoms with van der Waals surface area (Å²) in [4.78, 5) is 8.69. The van der Waals surface area contributed by atoms with E-state index in [0.717, 1.165) is 29.2 Å². The standard InChI is InChI=1S/C14H15ClN4O2/c1-20-10-2-3-12-11(8-10)17-14(4-6-15)19(12)7-5-13-16-9-21-18-13/h2-3,8-9H,4-7H2,1H3. The maximum atomic E-state index is 5.88. The molecule has 2 aromatic heterocycles. The molecule has 1 aromatic carbocycles. The number of aryl methyl sites for hydroxylation is 3. The third kappa shape index (κ3) is 2.85. The quantitative estimate of drug-likeness (QED) is 0.654. The molecule has 0 amide bonds. The topological polar surface area (TPSA) is 66.0 Å². The van der Waals surface area contributed by atoms with Gasteiger partial charge < -0.3 is 13.8 Å². The average molecular weight is 307 g/mol. The van der Waals surface area contributed by atoms with E-state index in [1.807, 2.05) is 18.2 Å². The molecule has 2 heterocycles. The Morgan fingerprint density at radius 3 is 2.95 bits per heavy atom. The molecule has 0 unspecified atom stereocenters. The molecule has 0 aliphatic carbocycles. The van der Waals surface area contributed by atoms with Crippen LogP contribution in [0.25, 0.3) is 11.0 Å². The number of aromatic nitrogens is 4. The van der Waals surface area contributed by atoms with Crippen molar-refractivity contribution in [2.45, 2.75) is 19.4 Å². The van der Waals surface area contributed by atoms with Crippen LogP contribution in [0.15, 0.2) is 29.1 Å². The molecule has 3 aromatic rings. The van der Waals surface area contributed by atoms with Crippen molar-refractivity contribution in [1.82, 2.24) is 19.7 Å². The fourth-order valence-electron chi connectivity index (χ4n) is 2.33. The third-order valence-electron chi connectivity index (χ3n) is 3.32. The zero-order valence-electron chi connectivity index (χ0n) is 11.6. The van der Waals surface area contributed by atoms with Crippen LogP contribution in [0.3, 0.4) is 0 Å². The maximum absolute atomic E-state index is 5.88. The first kappa shape index (κ1) is 13.9. The van der Waals surface area contributed by atoms with Crippen molar-refractivity contribution in [3.05, 3.63) is 36.2 Å². The largest absolute Gasteiger partial charge is 0.497 e.